The number of aromatic carboxylic acids is 1. The number of likely N-dealkylation sites (N-methyl/N-ethyl adjacent to an activating group) is 1. The number of piperazine rings is 1. The van der Waals surface area contributed by atoms with Gasteiger partial charge in [-0.25, -0.2) is 4.79 Å². The van der Waals surface area contributed by atoms with Gasteiger partial charge in [0.1, 0.15) is 0 Å². The average molecular weight is 280 g/mol. The standard InChI is InChI=1S/C14H20N2O2S/c1-3-19-12-6-4-5-11(13(12)14(17)18)16-9-7-15(2)8-10-16/h4-6H,3,7-10H2,1-2H3,(H,17,18). The second-order valence-corrected chi connectivity index (χ2v) is 5.98. The second kappa shape index (κ2) is 6.30. The van der Waals surface area contributed by atoms with Crippen molar-refractivity contribution in [3.8, 4) is 0 Å². The third-order valence-corrected chi connectivity index (χ3v) is 4.30. The molecule has 0 unspecified atom stereocenters. The number of anilines is 1. The zero-order valence-electron chi connectivity index (χ0n) is 11.4. The Labute approximate surface area is 118 Å². The first-order valence-corrected chi connectivity index (χ1v) is 7.54. The van der Waals surface area contributed by atoms with Crippen LogP contribution in [0, 0.1) is 0 Å². The molecule has 0 spiro atoms. The molecule has 1 aliphatic rings. The van der Waals surface area contributed by atoms with E-state index in [-0.39, 0.29) is 0 Å². The Bertz CT molecular complexity index is 457. The topological polar surface area (TPSA) is 43.8 Å². The molecular weight excluding hydrogens is 260 g/mol. The number of thioether (sulfide) groups is 1. The molecule has 1 aromatic carbocycles. The summed E-state index contributed by atoms with van der Waals surface area (Å²) in [6.45, 7) is 5.77. The van der Waals surface area contributed by atoms with Crippen molar-refractivity contribution >= 4 is 23.4 Å². The molecule has 0 radical (unpaired) electrons. The van der Waals surface area contributed by atoms with Crippen LogP contribution in [-0.2, 0) is 0 Å². The zero-order valence-corrected chi connectivity index (χ0v) is 12.2. The summed E-state index contributed by atoms with van der Waals surface area (Å²) < 4.78 is 0. The van der Waals surface area contributed by atoms with Crippen LogP contribution in [0.25, 0.3) is 0 Å². The van der Waals surface area contributed by atoms with E-state index in [0.29, 0.717) is 5.56 Å². The molecule has 104 valence electrons. The lowest BCUT2D eigenvalue weighted by Crippen LogP contribution is -2.45. The summed E-state index contributed by atoms with van der Waals surface area (Å²) in [4.78, 5) is 16.9. The highest BCUT2D eigenvalue weighted by atomic mass is 32.2. The molecule has 5 heteroatoms. The van der Waals surface area contributed by atoms with Gasteiger partial charge >= 0.3 is 5.97 Å². The summed E-state index contributed by atoms with van der Waals surface area (Å²) in [5.74, 6) is 0.0532. The molecular formula is C14H20N2O2S. The van der Waals surface area contributed by atoms with E-state index in [1.807, 2.05) is 25.1 Å². The molecule has 19 heavy (non-hydrogen) atoms. The van der Waals surface area contributed by atoms with Crippen LogP contribution in [0.3, 0.4) is 0 Å². The van der Waals surface area contributed by atoms with Crippen molar-refractivity contribution < 1.29 is 9.90 Å². The summed E-state index contributed by atoms with van der Waals surface area (Å²) in [6.07, 6.45) is 0. The lowest BCUT2D eigenvalue weighted by Gasteiger charge is -2.35. The molecule has 0 bridgehead atoms. The highest BCUT2D eigenvalue weighted by molar-refractivity contribution is 7.99. The predicted octanol–water partition coefficient (Wildman–Crippen LogP) is 2.25. The number of carboxylic acid groups (broad SMARTS) is 1. The molecule has 1 heterocycles. The fourth-order valence-electron chi connectivity index (χ4n) is 2.32. The second-order valence-electron chi connectivity index (χ2n) is 4.68. The van der Waals surface area contributed by atoms with Crippen molar-refractivity contribution in [2.24, 2.45) is 0 Å². The fourth-order valence-corrected chi connectivity index (χ4v) is 3.14. The van der Waals surface area contributed by atoms with Crippen molar-refractivity contribution in [1.29, 1.82) is 0 Å². The lowest BCUT2D eigenvalue weighted by molar-refractivity contribution is 0.0693. The van der Waals surface area contributed by atoms with E-state index < -0.39 is 5.97 Å². The number of carboxylic acids is 1. The maximum atomic E-state index is 11.6. The Morgan fingerprint density at radius 2 is 2.00 bits per heavy atom. The van der Waals surface area contributed by atoms with Crippen LogP contribution < -0.4 is 4.90 Å². The lowest BCUT2D eigenvalue weighted by atomic mass is 10.1. The number of nitrogens with zero attached hydrogens (tertiary/aromatic N) is 2. The first-order valence-electron chi connectivity index (χ1n) is 6.56. The van der Waals surface area contributed by atoms with Crippen LogP contribution in [0.4, 0.5) is 5.69 Å². The van der Waals surface area contributed by atoms with E-state index in [9.17, 15) is 9.90 Å². The minimum absolute atomic E-state index is 0.457. The van der Waals surface area contributed by atoms with Gasteiger partial charge in [-0.2, -0.15) is 0 Å². The molecule has 1 aliphatic heterocycles. The maximum Gasteiger partial charge on any atom is 0.338 e. The smallest absolute Gasteiger partial charge is 0.338 e. The summed E-state index contributed by atoms with van der Waals surface area (Å²) in [6, 6.07) is 5.78. The Hall–Kier alpha value is -1.20. The van der Waals surface area contributed by atoms with Gasteiger partial charge in [0.2, 0.25) is 0 Å². The molecule has 0 amide bonds. The Balaban J connectivity index is 2.33. The fraction of sp³-hybridized carbons (Fsp3) is 0.500. The highest BCUT2D eigenvalue weighted by Gasteiger charge is 2.22. The monoisotopic (exact) mass is 280 g/mol. The van der Waals surface area contributed by atoms with Gasteiger partial charge in [0.25, 0.3) is 0 Å². The van der Waals surface area contributed by atoms with Crippen LogP contribution in [-0.4, -0.2) is 55.0 Å². The van der Waals surface area contributed by atoms with Gasteiger partial charge in [-0.1, -0.05) is 13.0 Å². The third-order valence-electron chi connectivity index (χ3n) is 3.36. The molecule has 0 aromatic heterocycles. The number of rotatable bonds is 4. The van der Waals surface area contributed by atoms with Crippen molar-refractivity contribution in [2.75, 3.05) is 43.9 Å². The normalized spacial score (nSPS) is 16.6. The van der Waals surface area contributed by atoms with Gasteiger partial charge in [-0.15, -0.1) is 11.8 Å². The molecule has 1 fully saturated rings. The van der Waals surface area contributed by atoms with Crippen molar-refractivity contribution in [3.63, 3.8) is 0 Å². The summed E-state index contributed by atoms with van der Waals surface area (Å²) in [7, 11) is 2.10. The van der Waals surface area contributed by atoms with E-state index in [2.05, 4.69) is 16.8 Å². The van der Waals surface area contributed by atoms with Crippen molar-refractivity contribution in [2.45, 2.75) is 11.8 Å². The van der Waals surface area contributed by atoms with E-state index in [0.717, 1.165) is 42.5 Å². The van der Waals surface area contributed by atoms with Crippen molar-refractivity contribution in [1.82, 2.24) is 4.90 Å². The maximum absolute atomic E-state index is 11.6. The van der Waals surface area contributed by atoms with Gasteiger partial charge in [0.05, 0.1) is 11.3 Å². The predicted molar refractivity (Wildman–Crippen MR) is 79.5 cm³/mol. The Kier molecular flexibility index (Phi) is 4.71. The summed E-state index contributed by atoms with van der Waals surface area (Å²) in [5.41, 5.74) is 1.32. The van der Waals surface area contributed by atoms with E-state index in [1.165, 1.54) is 0 Å². The Morgan fingerprint density at radius 3 is 2.58 bits per heavy atom. The van der Waals surface area contributed by atoms with E-state index >= 15 is 0 Å². The first kappa shape index (κ1) is 14.2. The summed E-state index contributed by atoms with van der Waals surface area (Å²) in [5, 5.41) is 9.51. The van der Waals surface area contributed by atoms with Crippen LogP contribution in [0.2, 0.25) is 0 Å². The van der Waals surface area contributed by atoms with Gasteiger partial charge in [0.15, 0.2) is 0 Å². The SMILES string of the molecule is CCSc1cccc(N2CCN(C)CC2)c1C(=O)O. The molecule has 2 rings (SSSR count). The van der Waals surface area contributed by atoms with Gasteiger partial charge in [-0.3, -0.25) is 0 Å². The van der Waals surface area contributed by atoms with E-state index in [4.69, 9.17) is 0 Å². The molecule has 4 nitrogen and oxygen atoms in total. The zero-order chi connectivity index (χ0) is 13.8. The number of benzene rings is 1. The van der Waals surface area contributed by atoms with Gasteiger partial charge in [0, 0.05) is 31.1 Å². The number of hydrogen-bond donors (Lipinski definition) is 1. The molecule has 0 aliphatic carbocycles. The molecule has 0 atom stereocenters. The summed E-state index contributed by atoms with van der Waals surface area (Å²) >= 11 is 1.59. The molecule has 1 saturated heterocycles. The van der Waals surface area contributed by atoms with Gasteiger partial charge < -0.3 is 14.9 Å². The molecule has 0 saturated carbocycles. The van der Waals surface area contributed by atoms with Gasteiger partial charge in [-0.05, 0) is 24.9 Å². The molecule has 1 N–H and O–H groups in total. The van der Waals surface area contributed by atoms with Crippen LogP contribution >= 0.6 is 11.8 Å². The average Bonchev–Trinajstić information content (AvgIpc) is 2.39. The highest BCUT2D eigenvalue weighted by Crippen LogP contribution is 2.31. The van der Waals surface area contributed by atoms with Crippen LogP contribution in [0.1, 0.15) is 17.3 Å². The largest absolute Gasteiger partial charge is 0.478 e. The molecule has 1 aromatic rings. The van der Waals surface area contributed by atoms with Crippen LogP contribution in [0.15, 0.2) is 23.1 Å². The third kappa shape index (κ3) is 3.22. The van der Waals surface area contributed by atoms with Crippen molar-refractivity contribution in [3.05, 3.63) is 23.8 Å². The number of hydrogen-bond acceptors (Lipinski definition) is 4. The minimum Gasteiger partial charge on any atom is -0.478 e. The first-order chi connectivity index (χ1) is 9.13. The Morgan fingerprint density at radius 1 is 1.32 bits per heavy atom. The quantitative estimate of drug-likeness (QED) is 0.857. The number of carbonyl (C=O) groups is 1. The minimum atomic E-state index is -0.828. The van der Waals surface area contributed by atoms with Crippen LogP contribution in [0.5, 0.6) is 0 Å². The van der Waals surface area contributed by atoms with E-state index in [1.54, 1.807) is 11.8 Å².